The summed E-state index contributed by atoms with van der Waals surface area (Å²) in [5.41, 5.74) is -0.460. The summed E-state index contributed by atoms with van der Waals surface area (Å²) >= 11 is 8.19. The number of morpholine rings is 1. The van der Waals surface area contributed by atoms with Crippen LogP contribution < -0.4 is 4.90 Å². The van der Waals surface area contributed by atoms with Gasteiger partial charge in [0.05, 0.1) is 13.2 Å². The van der Waals surface area contributed by atoms with Crippen LogP contribution in [0.4, 0.5) is 10.6 Å². The van der Waals surface area contributed by atoms with Gasteiger partial charge >= 0.3 is 6.09 Å². The number of allylic oxidation sites excluding steroid dienone is 1. The van der Waals surface area contributed by atoms with E-state index in [0.717, 1.165) is 50.1 Å². The monoisotopic (exact) mass is 481 g/mol. The van der Waals surface area contributed by atoms with Gasteiger partial charge in [-0.25, -0.2) is 14.8 Å². The van der Waals surface area contributed by atoms with Crippen molar-refractivity contribution in [2.75, 3.05) is 69.7 Å². The zero-order valence-electron chi connectivity index (χ0n) is 19.1. The van der Waals surface area contributed by atoms with Crippen molar-refractivity contribution in [3.05, 3.63) is 28.0 Å². The molecule has 0 bridgehead atoms. The molecule has 176 valence electrons. The lowest BCUT2D eigenvalue weighted by atomic mass is 10.1. The Hall–Kier alpha value is -1.55. The number of halogens is 1. The maximum Gasteiger partial charge on any atom is 0.410 e. The molecule has 1 aromatic heterocycles. The Balaban J connectivity index is 1.32. The highest BCUT2D eigenvalue weighted by atomic mass is 35.5. The Kier molecular flexibility index (Phi) is 7.49. The fraction of sp³-hybridized carbons (Fsp3) is 0.682. The van der Waals surface area contributed by atoms with Gasteiger partial charge in [0.2, 0.25) is 0 Å². The van der Waals surface area contributed by atoms with E-state index in [-0.39, 0.29) is 12.0 Å². The van der Waals surface area contributed by atoms with E-state index in [1.807, 2.05) is 38.6 Å². The second-order valence-electron chi connectivity index (χ2n) is 9.30. The Morgan fingerprint density at radius 2 is 1.91 bits per heavy atom. The molecule has 8 nitrogen and oxygen atoms in total. The zero-order chi connectivity index (χ0) is 22.7. The van der Waals surface area contributed by atoms with Gasteiger partial charge in [-0.15, -0.1) is 11.8 Å². The number of nitrogens with zero attached hydrogens (tertiary/aromatic N) is 5. The molecule has 1 unspecified atom stereocenters. The number of hydrogen-bond donors (Lipinski definition) is 0. The first kappa shape index (κ1) is 23.6. The van der Waals surface area contributed by atoms with Gasteiger partial charge in [-0.05, 0) is 25.7 Å². The lowest BCUT2D eigenvalue weighted by Crippen LogP contribution is -2.50. The van der Waals surface area contributed by atoms with Crippen molar-refractivity contribution < 1.29 is 14.3 Å². The van der Waals surface area contributed by atoms with Gasteiger partial charge in [-0.1, -0.05) is 17.7 Å². The van der Waals surface area contributed by atoms with E-state index in [4.69, 9.17) is 26.1 Å². The molecule has 1 amide bonds. The molecule has 10 heteroatoms. The Morgan fingerprint density at radius 3 is 2.59 bits per heavy atom. The summed E-state index contributed by atoms with van der Waals surface area (Å²) < 4.78 is 10.9. The van der Waals surface area contributed by atoms with E-state index in [1.165, 1.54) is 4.91 Å². The first-order valence-electron chi connectivity index (χ1n) is 11.2. The molecule has 2 saturated heterocycles. The molecular weight excluding hydrogens is 450 g/mol. The van der Waals surface area contributed by atoms with E-state index in [9.17, 15) is 4.79 Å². The summed E-state index contributed by atoms with van der Waals surface area (Å²) in [6.45, 7) is 12.7. The quantitative estimate of drug-likeness (QED) is 0.607. The Bertz CT molecular complexity index is 848. The van der Waals surface area contributed by atoms with Gasteiger partial charge in [-0.2, -0.15) is 0 Å². The first-order valence-corrected chi connectivity index (χ1v) is 12.5. The smallest absolute Gasteiger partial charge is 0.410 e. The fourth-order valence-corrected chi connectivity index (χ4v) is 5.30. The number of ether oxygens (including phenoxy) is 2. The van der Waals surface area contributed by atoms with E-state index < -0.39 is 5.60 Å². The van der Waals surface area contributed by atoms with Gasteiger partial charge in [-0.3, -0.25) is 4.90 Å². The van der Waals surface area contributed by atoms with Gasteiger partial charge in [0.15, 0.2) is 0 Å². The number of rotatable bonds is 4. The third-order valence-electron chi connectivity index (χ3n) is 5.60. The first-order chi connectivity index (χ1) is 15.3. The molecule has 32 heavy (non-hydrogen) atoms. The molecule has 3 aliphatic rings. The largest absolute Gasteiger partial charge is 0.444 e. The minimum absolute atomic E-state index is 0.163. The maximum atomic E-state index is 12.3. The average Bonchev–Trinajstić information content (AvgIpc) is 3.22. The Morgan fingerprint density at radius 1 is 1.19 bits per heavy atom. The lowest BCUT2D eigenvalue weighted by molar-refractivity contribution is 0.0153. The van der Waals surface area contributed by atoms with Crippen LogP contribution in [0, 0.1) is 0 Å². The fourth-order valence-electron chi connectivity index (χ4n) is 3.94. The maximum absolute atomic E-state index is 12.3. The van der Waals surface area contributed by atoms with E-state index >= 15 is 0 Å². The van der Waals surface area contributed by atoms with Crippen LogP contribution in [0.2, 0.25) is 5.15 Å². The number of piperazine rings is 1. The van der Waals surface area contributed by atoms with Crippen molar-refractivity contribution in [2.24, 2.45) is 0 Å². The van der Waals surface area contributed by atoms with Crippen LogP contribution >= 0.6 is 23.4 Å². The van der Waals surface area contributed by atoms with E-state index in [0.29, 0.717) is 31.5 Å². The van der Waals surface area contributed by atoms with Gasteiger partial charge in [0.25, 0.3) is 0 Å². The van der Waals surface area contributed by atoms with Crippen LogP contribution in [0.15, 0.2) is 17.0 Å². The van der Waals surface area contributed by atoms with Gasteiger partial charge in [0, 0.05) is 63.6 Å². The molecule has 1 aromatic rings. The van der Waals surface area contributed by atoms with Crippen LogP contribution in [0.25, 0.3) is 0 Å². The summed E-state index contributed by atoms with van der Waals surface area (Å²) in [6, 6.07) is 1.84. The standard InChI is InChI=1S/C22H32ClN5O3S/c1-22(2,3)31-21(29)28-6-4-26(5-7-28)14-17-12-16(15-32-17)20-24-18(23)13-19(25-20)27-8-10-30-11-9-27/h12-13,16H,4-11,14-15H2,1-3H3. The second kappa shape index (κ2) is 10.2. The molecule has 3 aliphatic heterocycles. The van der Waals surface area contributed by atoms with Gasteiger partial charge < -0.3 is 19.3 Å². The number of hydrogen-bond acceptors (Lipinski definition) is 8. The molecule has 0 spiro atoms. The molecule has 4 heterocycles. The molecule has 0 aromatic carbocycles. The van der Waals surface area contributed by atoms with Crippen molar-refractivity contribution in [1.29, 1.82) is 0 Å². The molecular formula is C22H32ClN5O3S. The SMILES string of the molecule is CC(C)(C)OC(=O)N1CCN(CC2=CC(c3nc(Cl)cc(N4CCOCC4)n3)CS2)CC1. The normalized spacial score (nSPS) is 22.8. The topological polar surface area (TPSA) is 71.0 Å². The molecule has 0 aliphatic carbocycles. The Labute approximate surface area is 199 Å². The van der Waals surface area contributed by atoms with Crippen molar-refractivity contribution >= 4 is 35.3 Å². The highest BCUT2D eigenvalue weighted by Gasteiger charge is 2.28. The van der Waals surface area contributed by atoms with Crippen molar-refractivity contribution in [3.8, 4) is 0 Å². The second-order valence-corrected chi connectivity index (χ2v) is 10.8. The molecule has 0 N–H and O–H groups in total. The predicted octanol–water partition coefficient (Wildman–Crippen LogP) is 3.23. The summed E-state index contributed by atoms with van der Waals surface area (Å²) in [7, 11) is 0. The zero-order valence-corrected chi connectivity index (χ0v) is 20.6. The number of anilines is 1. The van der Waals surface area contributed by atoms with Crippen LogP contribution in [0.3, 0.4) is 0 Å². The van der Waals surface area contributed by atoms with E-state index in [2.05, 4.69) is 20.9 Å². The van der Waals surface area contributed by atoms with Crippen molar-refractivity contribution in [1.82, 2.24) is 19.8 Å². The number of carbonyl (C=O) groups excluding carboxylic acids is 1. The lowest BCUT2D eigenvalue weighted by Gasteiger charge is -2.35. The predicted molar refractivity (Wildman–Crippen MR) is 128 cm³/mol. The summed E-state index contributed by atoms with van der Waals surface area (Å²) in [6.07, 6.45) is 2.06. The summed E-state index contributed by atoms with van der Waals surface area (Å²) in [5, 5.41) is 0.488. The minimum Gasteiger partial charge on any atom is -0.444 e. The molecule has 2 fully saturated rings. The van der Waals surface area contributed by atoms with Crippen molar-refractivity contribution in [2.45, 2.75) is 32.3 Å². The molecule has 1 atom stereocenters. The minimum atomic E-state index is -0.460. The van der Waals surface area contributed by atoms with Crippen LogP contribution in [0.5, 0.6) is 0 Å². The highest BCUT2D eigenvalue weighted by molar-refractivity contribution is 8.03. The van der Waals surface area contributed by atoms with Crippen molar-refractivity contribution in [3.63, 3.8) is 0 Å². The third-order valence-corrected chi connectivity index (χ3v) is 6.96. The molecule has 4 rings (SSSR count). The molecule has 0 radical (unpaired) electrons. The number of aromatic nitrogens is 2. The number of amides is 1. The highest BCUT2D eigenvalue weighted by Crippen LogP contribution is 2.36. The summed E-state index contributed by atoms with van der Waals surface area (Å²) in [5.74, 6) is 2.76. The average molecular weight is 482 g/mol. The van der Waals surface area contributed by atoms with E-state index in [1.54, 1.807) is 4.90 Å². The van der Waals surface area contributed by atoms with Crippen LogP contribution in [-0.2, 0) is 9.47 Å². The summed E-state index contributed by atoms with van der Waals surface area (Å²) in [4.78, 5) is 29.3. The van der Waals surface area contributed by atoms with Crippen LogP contribution in [-0.4, -0.2) is 96.2 Å². The third kappa shape index (κ3) is 6.27. The van der Waals surface area contributed by atoms with Gasteiger partial charge in [0.1, 0.15) is 22.4 Å². The van der Waals surface area contributed by atoms with Crippen LogP contribution in [0.1, 0.15) is 32.5 Å². The molecule has 0 saturated carbocycles. The number of carbonyl (C=O) groups is 1. The number of thioether (sulfide) groups is 1.